The van der Waals surface area contributed by atoms with E-state index in [0.717, 1.165) is 5.56 Å². The van der Waals surface area contributed by atoms with Crippen LogP contribution in [0.5, 0.6) is 0 Å². The molecule has 5 nitrogen and oxygen atoms in total. The molecule has 1 aromatic rings. The van der Waals surface area contributed by atoms with Gasteiger partial charge in [0.1, 0.15) is 6.23 Å². The van der Waals surface area contributed by atoms with Gasteiger partial charge in [-0.05, 0) is 18.6 Å². The Morgan fingerprint density at radius 3 is 2.88 bits per heavy atom. The third-order valence-electron chi connectivity index (χ3n) is 1.99. The van der Waals surface area contributed by atoms with Crippen LogP contribution >= 0.6 is 0 Å². The minimum atomic E-state index is -3.26. The van der Waals surface area contributed by atoms with Crippen LogP contribution in [0.1, 0.15) is 5.56 Å². The molecular weight excluding hydrogens is 228 g/mol. The molecule has 0 aliphatic heterocycles. The lowest BCUT2D eigenvalue weighted by molar-refractivity contribution is 0.157. The Morgan fingerprint density at radius 2 is 2.31 bits per heavy atom. The highest BCUT2D eigenvalue weighted by molar-refractivity contribution is 7.91. The number of hydrogen-bond acceptors (Lipinski definition) is 5. The van der Waals surface area contributed by atoms with Crippen molar-refractivity contribution in [3.05, 3.63) is 37.0 Å². The second-order valence-electron chi connectivity index (χ2n) is 3.37. The zero-order valence-corrected chi connectivity index (χ0v) is 9.65. The maximum Gasteiger partial charge on any atom is 0.154 e. The molecule has 1 unspecified atom stereocenters. The van der Waals surface area contributed by atoms with Gasteiger partial charge in [-0.2, -0.15) is 0 Å². The van der Waals surface area contributed by atoms with E-state index in [9.17, 15) is 13.5 Å². The van der Waals surface area contributed by atoms with Gasteiger partial charge in [-0.1, -0.05) is 6.07 Å². The number of aromatic nitrogens is 1. The van der Waals surface area contributed by atoms with E-state index in [2.05, 4.69) is 17.2 Å². The van der Waals surface area contributed by atoms with Crippen LogP contribution in [0.4, 0.5) is 0 Å². The van der Waals surface area contributed by atoms with Crippen molar-refractivity contribution in [3.63, 3.8) is 0 Å². The Morgan fingerprint density at radius 1 is 1.56 bits per heavy atom. The molecule has 89 valence electrons. The fourth-order valence-electron chi connectivity index (χ4n) is 1.12. The molecule has 0 aliphatic carbocycles. The first kappa shape index (κ1) is 13.1. The normalized spacial score (nSPS) is 13.6. The first-order chi connectivity index (χ1) is 7.53. The molecule has 0 fully saturated rings. The van der Waals surface area contributed by atoms with Crippen molar-refractivity contribution in [2.75, 3.05) is 11.5 Å². The second-order valence-corrected chi connectivity index (χ2v) is 5.60. The van der Waals surface area contributed by atoms with Crippen LogP contribution in [-0.2, 0) is 16.4 Å². The van der Waals surface area contributed by atoms with Crippen molar-refractivity contribution in [1.29, 1.82) is 0 Å². The summed E-state index contributed by atoms with van der Waals surface area (Å²) in [6, 6.07) is 3.61. The molecule has 1 atom stereocenters. The van der Waals surface area contributed by atoms with E-state index in [4.69, 9.17) is 0 Å². The third-order valence-corrected chi connectivity index (χ3v) is 3.43. The highest BCUT2D eigenvalue weighted by atomic mass is 32.2. The van der Waals surface area contributed by atoms with Crippen molar-refractivity contribution >= 4 is 9.84 Å². The highest BCUT2D eigenvalue weighted by Gasteiger charge is 2.14. The largest absolute Gasteiger partial charge is 0.378 e. The molecular formula is C10H15N2O3S. The number of rotatable bonds is 6. The van der Waals surface area contributed by atoms with Gasteiger partial charge in [0.2, 0.25) is 0 Å². The zero-order chi connectivity index (χ0) is 12.0. The first-order valence-corrected chi connectivity index (χ1v) is 6.65. The van der Waals surface area contributed by atoms with E-state index in [1.165, 1.54) is 0 Å². The molecule has 16 heavy (non-hydrogen) atoms. The van der Waals surface area contributed by atoms with Crippen molar-refractivity contribution < 1.29 is 13.5 Å². The summed E-state index contributed by atoms with van der Waals surface area (Å²) in [4.78, 5) is 3.90. The molecule has 1 aromatic heterocycles. The van der Waals surface area contributed by atoms with Crippen LogP contribution in [0, 0.1) is 6.92 Å². The van der Waals surface area contributed by atoms with Gasteiger partial charge in [0.15, 0.2) is 9.84 Å². The molecule has 0 amide bonds. The van der Waals surface area contributed by atoms with Crippen LogP contribution in [0.2, 0.25) is 0 Å². The lowest BCUT2D eigenvalue weighted by atomic mass is 10.3. The number of nitrogens with one attached hydrogen (secondary N) is 1. The Kier molecular flexibility index (Phi) is 4.85. The number of aliphatic hydroxyl groups is 1. The molecule has 2 N–H and O–H groups in total. The van der Waals surface area contributed by atoms with Crippen LogP contribution in [0.25, 0.3) is 0 Å². The summed E-state index contributed by atoms with van der Waals surface area (Å²) in [5.41, 5.74) is 0.883. The van der Waals surface area contributed by atoms with Crippen molar-refractivity contribution in [3.8, 4) is 0 Å². The van der Waals surface area contributed by atoms with Crippen LogP contribution in [0.3, 0.4) is 0 Å². The Hall–Kier alpha value is -0.980. The van der Waals surface area contributed by atoms with E-state index in [0.29, 0.717) is 6.54 Å². The van der Waals surface area contributed by atoms with Gasteiger partial charge in [0.25, 0.3) is 0 Å². The van der Waals surface area contributed by atoms with E-state index in [-0.39, 0.29) is 11.5 Å². The predicted octanol–water partition coefficient (Wildman–Crippen LogP) is -0.262. The van der Waals surface area contributed by atoms with Gasteiger partial charge in [0.05, 0.1) is 11.5 Å². The number of nitrogens with zero attached hydrogens (tertiary/aromatic N) is 1. The SMILES string of the molecule is [CH2]CS(=O)(=O)CC(O)NCc1cccnc1. The van der Waals surface area contributed by atoms with Gasteiger partial charge in [-0.15, -0.1) is 0 Å². The number of sulfone groups is 1. The van der Waals surface area contributed by atoms with Crippen LogP contribution < -0.4 is 5.32 Å². The molecule has 1 rings (SSSR count). The molecule has 0 aromatic carbocycles. The monoisotopic (exact) mass is 243 g/mol. The smallest absolute Gasteiger partial charge is 0.154 e. The first-order valence-electron chi connectivity index (χ1n) is 4.83. The Bertz CT molecular complexity index is 405. The Balaban J connectivity index is 2.39. The van der Waals surface area contributed by atoms with Gasteiger partial charge < -0.3 is 5.11 Å². The van der Waals surface area contributed by atoms with E-state index in [1.54, 1.807) is 18.5 Å². The fraction of sp³-hybridized carbons (Fsp3) is 0.400. The molecule has 0 saturated carbocycles. The van der Waals surface area contributed by atoms with E-state index >= 15 is 0 Å². The molecule has 0 bridgehead atoms. The maximum atomic E-state index is 11.1. The van der Waals surface area contributed by atoms with Gasteiger partial charge >= 0.3 is 0 Å². The van der Waals surface area contributed by atoms with Gasteiger partial charge in [-0.25, -0.2) is 8.42 Å². The van der Waals surface area contributed by atoms with Crippen molar-refractivity contribution in [2.45, 2.75) is 12.8 Å². The summed E-state index contributed by atoms with van der Waals surface area (Å²) >= 11 is 0. The lowest BCUT2D eigenvalue weighted by Crippen LogP contribution is -2.35. The molecule has 0 spiro atoms. The van der Waals surface area contributed by atoms with Crippen molar-refractivity contribution in [1.82, 2.24) is 10.3 Å². The highest BCUT2D eigenvalue weighted by Crippen LogP contribution is 1.97. The second kappa shape index (κ2) is 5.93. The van der Waals surface area contributed by atoms with Gasteiger partial charge in [0, 0.05) is 18.9 Å². The van der Waals surface area contributed by atoms with Gasteiger partial charge in [-0.3, -0.25) is 10.3 Å². The minimum absolute atomic E-state index is 0.210. The maximum absolute atomic E-state index is 11.1. The fourth-order valence-corrected chi connectivity index (χ4v) is 1.89. The average molecular weight is 243 g/mol. The molecule has 1 heterocycles. The standard InChI is InChI=1S/C10H15N2O3S/c1-2-16(14,15)8-10(13)12-7-9-4-3-5-11-6-9/h3-6,10,12-13H,1-2,7-8H2. The molecule has 1 radical (unpaired) electrons. The number of aliphatic hydroxyl groups excluding tert-OH is 1. The number of pyridine rings is 1. The summed E-state index contributed by atoms with van der Waals surface area (Å²) in [5, 5.41) is 12.1. The summed E-state index contributed by atoms with van der Waals surface area (Å²) in [6.45, 7) is 3.67. The van der Waals surface area contributed by atoms with E-state index in [1.807, 2.05) is 6.07 Å². The van der Waals surface area contributed by atoms with Crippen LogP contribution in [-0.4, -0.2) is 36.2 Å². The average Bonchev–Trinajstić information content (AvgIpc) is 2.27. The molecule has 0 saturated heterocycles. The summed E-state index contributed by atoms with van der Waals surface area (Å²) in [7, 11) is -3.26. The third kappa shape index (κ3) is 4.69. The van der Waals surface area contributed by atoms with E-state index < -0.39 is 16.1 Å². The summed E-state index contributed by atoms with van der Waals surface area (Å²) in [5.74, 6) is -0.532. The summed E-state index contributed by atoms with van der Waals surface area (Å²) < 4.78 is 22.3. The number of hydrogen-bond donors (Lipinski definition) is 2. The zero-order valence-electron chi connectivity index (χ0n) is 8.83. The minimum Gasteiger partial charge on any atom is -0.378 e. The molecule has 0 aliphatic rings. The molecule has 6 heteroatoms. The quantitative estimate of drug-likeness (QED) is 0.673. The summed E-state index contributed by atoms with van der Waals surface area (Å²) in [6.07, 6.45) is 2.22. The lowest BCUT2D eigenvalue weighted by Gasteiger charge is -2.12. The van der Waals surface area contributed by atoms with Crippen LogP contribution in [0.15, 0.2) is 24.5 Å². The topological polar surface area (TPSA) is 79.3 Å². The predicted molar refractivity (Wildman–Crippen MR) is 61.1 cm³/mol. The Labute approximate surface area is 95.4 Å². The van der Waals surface area contributed by atoms with Crippen molar-refractivity contribution in [2.24, 2.45) is 0 Å².